The van der Waals surface area contributed by atoms with Crippen LogP contribution in [0, 0.1) is 6.92 Å². The number of carboxylic acid groups (broad SMARTS) is 1. The predicted molar refractivity (Wildman–Crippen MR) is 70.2 cm³/mol. The molecule has 2 heterocycles. The molecular weight excluding hydrogens is 268 g/mol. The lowest BCUT2D eigenvalue weighted by molar-refractivity contribution is -0.147. The standard InChI is InChI=1S/C12H16N2O4S/c1-8-2-3-9(19-8)6-13-12(17)14-4-5-18-7-10(14)11(15)16/h2-3,10H,4-7H2,1H3,(H,13,17)(H,15,16). The summed E-state index contributed by atoms with van der Waals surface area (Å²) >= 11 is 1.61. The van der Waals surface area contributed by atoms with E-state index in [9.17, 15) is 9.59 Å². The number of urea groups is 1. The number of nitrogens with one attached hydrogen (secondary N) is 1. The zero-order valence-corrected chi connectivity index (χ0v) is 11.4. The van der Waals surface area contributed by atoms with Crippen molar-refractivity contribution in [1.29, 1.82) is 0 Å². The van der Waals surface area contributed by atoms with Crippen molar-refractivity contribution < 1.29 is 19.4 Å². The summed E-state index contributed by atoms with van der Waals surface area (Å²) in [4.78, 5) is 26.6. The van der Waals surface area contributed by atoms with Crippen LogP contribution in [-0.4, -0.2) is 47.8 Å². The summed E-state index contributed by atoms with van der Waals surface area (Å²) in [7, 11) is 0. The number of aryl methyl sites for hydroxylation is 1. The number of aliphatic carboxylic acids is 1. The molecule has 0 aliphatic carbocycles. The molecule has 6 nitrogen and oxygen atoms in total. The number of carboxylic acids is 1. The van der Waals surface area contributed by atoms with Crippen molar-refractivity contribution in [3.05, 3.63) is 21.9 Å². The van der Waals surface area contributed by atoms with E-state index in [1.54, 1.807) is 11.3 Å². The molecule has 1 saturated heterocycles. The van der Waals surface area contributed by atoms with E-state index in [4.69, 9.17) is 9.84 Å². The first-order valence-corrected chi connectivity index (χ1v) is 6.80. The smallest absolute Gasteiger partial charge is 0.328 e. The molecule has 0 aromatic carbocycles. The van der Waals surface area contributed by atoms with Crippen LogP contribution >= 0.6 is 11.3 Å². The van der Waals surface area contributed by atoms with Gasteiger partial charge < -0.3 is 20.1 Å². The van der Waals surface area contributed by atoms with Gasteiger partial charge in [0, 0.05) is 16.3 Å². The summed E-state index contributed by atoms with van der Waals surface area (Å²) < 4.78 is 5.09. The molecule has 1 aliphatic rings. The molecule has 0 radical (unpaired) electrons. The number of nitrogens with zero attached hydrogens (tertiary/aromatic N) is 1. The Morgan fingerprint density at radius 2 is 2.37 bits per heavy atom. The maximum atomic E-state index is 12.0. The average Bonchev–Trinajstić information content (AvgIpc) is 2.81. The molecule has 1 unspecified atom stereocenters. The number of rotatable bonds is 3. The number of ether oxygens (including phenoxy) is 1. The zero-order chi connectivity index (χ0) is 13.8. The third kappa shape index (κ3) is 3.45. The molecule has 7 heteroatoms. The quantitative estimate of drug-likeness (QED) is 0.869. The van der Waals surface area contributed by atoms with Crippen LogP contribution in [0.2, 0.25) is 0 Å². The fourth-order valence-corrected chi connectivity index (χ4v) is 2.73. The second-order valence-corrected chi connectivity index (χ2v) is 5.67. The highest BCUT2D eigenvalue weighted by molar-refractivity contribution is 7.11. The molecule has 1 aromatic heterocycles. The number of hydrogen-bond acceptors (Lipinski definition) is 4. The van der Waals surface area contributed by atoms with Crippen LogP contribution in [0.15, 0.2) is 12.1 Å². The van der Waals surface area contributed by atoms with Gasteiger partial charge in [0.1, 0.15) is 0 Å². The molecule has 1 aliphatic heterocycles. The Morgan fingerprint density at radius 3 is 3.00 bits per heavy atom. The molecule has 1 fully saturated rings. The third-order valence-corrected chi connectivity index (χ3v) is 3.88. The number of carbonyl (C=O) groups is 2. The Morgan fingerprint density at radius 1 is 1.58 bits per heavy atom. The average molecular weight is 284 g/mol. The van der Waals surface area contributed by atoms with Crippen molar-refractivity contribution in [3.8, 4) is 0 Å². The fourth-order valence-electron chi connectivity index (χ4n) is 1.90. The highest BCUT2D eigenvalue weighted by Crippen LogP contribution is 2.15. The first-order valence-electron chi connectivity index (χ1n) is 5.98. The largest absolute Gasteiger partial charge is 0.480 e. The lowest BCUT2D eigenvalue weighted by atomic mass is 10.2. The summed E-state index contributed by atoms with van der Waals surface area (Å²) in [6.45, 7) is 3.13. The van der Waals surface area contributed by atoms with Crippen molar-refractivity contribution >= 4 is 23.3 Å². The number of amides is 2. The van der Waals surface area contributed by atoms with Crippen LogP contribution in [0.4, 0.5) is 4.79 Å². The zero-order valence-electron chi connectivity index (χ0n) is 10.6. The Hall–Kier alpha value is -1.60. The van der Waals surface area contributed by atoms with Crippen LogP contribution < -0.4 is 5.32 Å². The molecule has 2 rings (SSSR count). The summed E-state index contributed by atoms with van der Waals surface area (Å²) in [5, 5.41) is 11.8. The van der Waals surface area contributed by atoms with Crippen LogP contribution in [0.25, 0.3) is 0 Å². The van der Waals surface area contributed by atoms with Gasteiger partial charge in [-0.15, -0.1) is 11.3 Å². The number of hydrogen-bond donors (Lipinski definition) is 2. The normalized spacial score (nSPS) is 19.2. The van der Waals surface area contributed by atoms with Crippen LogP contribution in [0.1, 0.15) is 9.75 Å². The highest BCUT2D eigenvalue weighted by atomic mass is 32.1. The molecule has 1 aromatic rings. The van der Waals surface area contributed by atoms with Gasteiger partial charge in [-0.3, -0.25) is 0 Å². The fraction of sp³-hybridized carbons (Fsp3) is 0.500. The van der Waals surface area contributed by atoms with Crippen molar-refractivity contribution in [2.45, 2.75) is 19.5 Å². The van der Waals surface area contributed by atoms with Crippen LogP contribution in [0.5, 0.6) is 0 Å². The maximum absolute atomic E-state index is 12.0. The Labute approximate surface area is 115 Å². The van der Waals surface area contributed by atoms with E-state index in [0.29, 0.717) is 19.7 Å². The molecule has 1 atom stereocenters. The van der Waals surface area contributed by atoms with E-state index >= 15 is 0 Å². The minimum absolute atomic E-state index is 0.0425. The minimum Gasteiger partial charge on any atom is -0.480 e. The predicted octanol–water partition coefficient (Wildman–Crippen LogP) is 1.05. The van der Waals surface area contributed by atoms with Crippen molar-refractivity contribution in [2.24, 2.45) is 0 Å². The third-order valence-electron chi connectivity index (χ3n) is 2.88. The minimum atomic E-state index is -1.04. The molecule has 2 amide bonds. The van der Waals surface area contributed by atoms with Gasteiger partial charge in [0.2, 0.25) is 0 Å². The van der Waals surface area contributed by atoms with E-state index in [2.05, 4.69) is 5.32 Å². The van der Waals surface area contributed by atoms with Gasteiger partial charge in [0.05, 0.1) is 19.8 Å². The van der Waals surface area contributed by atoms with Gasteiger partial charge in [-0.2, -0.15) is 0 Å². The van der Waals surface area contributed by atoms with E-state index in [-0.39, 0.29) is 12.6 Å². The van der Waals surface area contributed by atoms with Crippen molar-refractivity contribution in [3.63, 3.8) is 0 Å². The SMILES string of the molecule is Cc1ccc(CNC(=O)N2CCOCC2C(=O)O)s1. The van der Waals surface area contributed by atoms with Gasteiger partial charge in [0.25, 0.3) is 0 Å². The summed E-state index contributed by atoms with van der Waals surface area (Å²) in [5.74, 6) is -1.04. The molecule has 0 saturated carbocycles. The van der Waals surface area contributed by atoms with E-state index < -0.39 is 12.0 Å². The summed E-state index contributed by atoms with van der Waals surface area (Å²) in [5.41, 5.74) is 0. The van der Waals surface area contributed by atoms with Crippen LogP contribution in [0.3, 0.4) is 0 Å². The van der Waals surface area contributed by atoms with E-state index in [1.807, 2.05) is 19.1 Å². The Bertz CT molecular complexity index is 474. The van der Waals surface area contributed by atoms with Gasteiger partial charge in [-0.05, 0) is 19.1 Å². The topological polar surface area (TPSA) is 78.9 Å². The van der Waals surface area contributed by atoms with Gasteiger partial charge >= 0.3 is 12.0 Å². The molecular formula is C12H16N2O4S. The molecule has 0 bridgehead atoms. The van der Waals surface area contributed by atoms with Gasteiger partial charge in [0.15, 0.2) is 6.04 Å². The number of thiophene rings is 1. The summed E-state index contributed by atoms with van der Waals surface area (Å²) in [6, 6.07) is 2.68. The molecule has 0 spiro atoms. The van der Waals surface area contributed by atoms with E-state index in [1.165, 1.54) is 9.78 Å². The first kappa shape index (κ1) is 13.8. The van der Waals surface area contributed by atoms with Gasteiger partial charge in [-0.25, -0.2) is 9.59 Å². The second kappa shape index (κ2) is 6.03. The van der Waals surface area contributed by atoms with Gasteiger partial charge in [-0.1, -0.05) is 0 Å². The van der Waals surface area contributed by atoms with Crippen molar-refractivity contribution in [2.75, 3.05) is 19.8 Å². The molecule has 2 N–H and O–H groups in total. The van der Waals surface area contributed by atoms with Crippen LogP contribution in [-0.2, 0) is 16.1 Å². The lowest BCUT2D eigenvalue weighted by Gasteiger charge is -2.32. The summed E-state index contributed by atoms with van der Waals surface area (Å²) in [6.07, 6.45) is 0. The lowest BCUT2D eigenvalue weighted by Crippen LogP contribution is -2.55. The van der Waals surface area contributed by atoms with E-state index in [0.717, 1.165) is 4.88 Å². The second-order valence-electron chi connectivity index (χ2n) is 4.29. The highest BCUT2D eigenvalue weighted by Gasteiger charge is 2.32. The molecule has 19 heavy (non-hydrogen) atoms. The Kier molecular flexibility index (Phi) is 4.39. The number of morpholine rings is 1. The number of carbonyl (C=O) groups excluding carboxylic acids is 1. The monoisotopic (exact) mass is 284 g/mol. The Balaban J connectivity index is 1.92. The maximum Gasteiger partial charge on any atom is 0.328 e. The van der Waals surface area contributed by atoms with Crippen molar-refractivity contribution in [1.82, 2.24) is 10.2 Å². The molecule has 104 valence electrons. The first-order chi connectivity index (χ1) is 9.08.